The number of alkyl halides is 3. The van der Waals surface area contributed by atoms with Crippen molar-refractivity contribution in [3.63, 3.8) is 0 Å². The van der Waals surface area contributed by atoms with Crippen molar-refractivity contribution >= 4 is 23.2 Å². The van der Waals surface area contributed by atoms with Gasteiger partial charge in [-0.1, -0.05) is 0 Å². The molecule has 2 aliphatic rings. The molecule has 2 aromatic rings. The standard InChI is InChI=1S/C19H18F3N3O2/c20-19(21,22)13-3-5-14(6-4-13)25-11-15-10-12(18(26)27)7-9-24(15)17-16(25)2-1-8-23-17/h1-6,8,12,15H,7,9-11H2,(H,26,27). The number of carboxylic acids is 1. The van der Waals surface area contributed by atoms with Gasteiger partial charge in [0.1, 0.15) is 0 Å². The molecule has 2 unspecified atom stereocenters. The van der Waals surface area contributed by atoms with Crippen LogP contribution in [0.4, 0.5) is 30.4 Å². The van der Waals surface area contributed by atoms with Gasteiger partial charge in [-0.15, -0.1) is 0 Å². The number of hydrogen-bond donors (Lipinski definition) is 1. The summed E-state index contributed by atoms with van der Waals surface area (Å²) >= 11 is 0. The van der Waals surface area contributed by atoms with E-state index in [2.05, 4.69) is 9.88 Å². The zero-order chi connectivity index (χ0) is 19.2. The van der Waals surface area contributed by atoms with E-state index in [0.29, 0.717) is 31.6 Å². The molecule has 0 bridgehead atoms. The molecule has 8 heteroatoms. The summed E-state index contributed by atoms with van der Waals surface area (Å²) in [6.07, 6.45) is -1.66. The molecule has 3 heterocycles. The van der Waals surface area contributed by atoms with Gasteiger partial charge in [-0.25, -0.2) is 4.98 Å². The van der Waals surface area contributed by atoms with E-state index in [1.165, 1.54) is 12.1 Å². The smallest absolute Gasteiger partial charge is 0.416 e. The second kappa shape index (κ2) is 6.44. The summed E-state index contributed by atoms with van der Waals surface area (Å²) in [4.78, 5) is 19.9. The monoisotopic (exact) mass is 377 g/mol. The maximum absolute atomic E-state index is 12.9. The largest absolute Gasteiger partial charge is 0.481 e. The van der Waals surface area contributed by atoms with Gasteiger partial charge in [-0.2, -0.15) is 13.2 Å². The van der Waals surface area contributed by atoms with Crippen molar-refractivity contribution in [1.29, 1.82) is 0 Å². The number of anilines is 3. The molecule has 0 amide bonds. The molecule has 4 rings (SSSR count). The lowest BCUT2D eigenvalue weighted by molar-refractivity contribution is -0.142. The highest BCUT2D eigenvalue weighted by molar-refractivity contribution is 5.78. The molecule has 0 saturated carbocycles. The van der Waals surface area contributed by atoms with E-state index >= 15 is 0 Å². The number of piperidine rings is 1. The van der Waals surface area contributed by atoms with Crippen molar-refractivity contribution < 1.29 is 23.1 Å². The first-order chi connectivity index (χ1) is 12.8. The molecule has 1 N–H and O–H groups in total. The van der Waals surface area contributed by atoms with Crippen LogP contribution in [-0.2, 0) is 11.0 Å². The summed E-state index contributed by atoms with van der Waals surface area (Å²) in [7, 11) is 0. The normalized spacial score (nSPS) is 22.2. The van der Waals surface area contributed by atoms with Crippen LogP contribution in [0.25, 0.3) is 0 Å². The fraction of sp³-hybridized carbons (Fsp3) is 0.368. The minimum atomic E-state index is -4.38. The lowest BCUT2D eigenvalue weighted by Crippen LogP contribution is -2.53. The van der Waals surface area contributed by atoms with E-state index in [9.17, 15) is 23.1 Å². The molecule has 1 aromatic carbocycles. The Morgan fingerprint density at radius 2 is 1.93 bits per heavy atom. The van der Waals surface area contributed by atoms with Crippen molar-refractivity contribution in [2.24, 2.45) is 5.92 Å². The number of aromatic nitrogens is 1. The Morgan fingerprint density at radius 3 is 2.59 bits per heavy atom. The minimum absolute atomic E-state index is 0.0513. The van der Waals surface area contributed by atoms with Gasteiger partial charge in [0.25, 0.3) is 0 Å². The Hall–Kier alpha value is -2.77. The van der Waals surface area contributed by atoms with E-state index in [1.54, 1.807) is 12.3 Å². The van der Waals surface area contributed by atoms with Gasteiger partial charge in [0.05, 0.1) is 17.2 Å². The second-order valence-corrected chi connectivity index (χ2v) is 6.91. The number of rotatable bonds is 2. The predicted octanol–water partition coefficient (Wildman–Crippen LogP) is 3.92. The Labute approximate surface area is 154 Å². The van der Waals surface area contributed by atoms with Crippen LogP contribution < -0.4 is 9.80 Å². The van der Waals surface area contributed by atoms with Crippen LogP contribution in [0.1, 0.15) is 18.4 Å². The number of fused-ring (bicyclic) bond motifs is 3. The summed E-state index contributed by atoms with van der Waals surface area (Å²) in [6, 6.07) is 8.67. The Bertz CT molecular complexity index is 854. The fourth-order valence-electron chi connectivity index (χ4n) is 3.93. The Balaban J connectivity index is 1.69. The fourth-order valence-corrected chi connectivity index (χ4v) is 3.93. The van der Waals surface area contributed by atoms with Crippen molar-refractivity contribution in [3.8, 4) is 0 Å². The van der Waals surface area contributed by atoms with E-state index < -0.39 is 23.6 Å². The maximum Gasteiger partial charge on any atom is 0.416 e. The first kappa shape index (κ1) is 17.6. The van der Waals surface area contributed by atoms with Gasteiger partial charge in [-0.05, 0) is 49.2 Å². The first-order valence-corrected chi connectivity index (χ1v) is 8.74. The Kier molecular flexibility index (Phi) is 4.20. The summed E-state index contributed by atoms with van der Waals surface area (Å²) in [5, 5.41) is 9.36. The minimum Gasteiger partial charge on any atom is -0.481 e. The van der Waals surface area contributed by atoms with Crippen LogP contribution >= 0.6 is 0 Å². The highest BCUT2D eigenvalue weighted by Crippen LogP contribution is 2.42. The first-order valence-electron chi connectivity index (χ1n) is 8.74. The molecule has 1 saturated heterocycles. The van der Waals surface area contributed by atoms with Crippen molar-refractivity contribution in [2.75, 3.05) is 22.9 Å². The van der Waals surface area contributed by atoms with Gasteiger partial charge in [0.2, 0.25) is 0 Å². The van der Waals surface area contributed by atoms with Crippen LogP contribution in [0.2, 0.25) is 0 Å². The van der Waals surface area contributed by atoms with Crippen LogP contribution in [0.5, 0.6) is 0 Å². The molecule has 27 heavy (non-hydrogen) atoms. The number of carboxylic acid groups (broad SMARTS) is 1. The lowest BCUT2D eigenvalue weighted by atomic mass is 9.89. The number of hydrogen-bond acceptors (Lipinski definition) is 4. The number of aliphatic carboxylic acids is 1. The average Bonchev–Trinajstić information content (AvgIpc) is 2.66. The number of benzene rings is 1. The zero-order valence-corrected chi connectivity index (χ0v) is 14.4. The zero-order valence-electron chi connectivity index (χ0n) is 14.4. The maximum atomic E-state index is 12.9. The summed E-state index contributed by atoms with van der Waals surface area (Å²) in [5.41, 5.74) is 0.761. The molecular weight excluding hydrogens is 359 g/mol. The van der Waals surface area contributed by atoms with Crippen molar-refractivity contribution in [2.45, 2.75) is 25.1 Å². The molecule has 0 radical (unpaired) electrons. The van der Waals surface area contributed by atoms with Gasteiger partial charge in [-0.3, -0.25) is 4.79 Å². The van der Waals surface area contributed by atoms with Gasteiger partial charge >= 0.3 is 12.1 Å². The summed E-state index contributed by atoms with van der Waals surface area (Å²) < 4.78 is 38.6. The molecule has 1 fully saturated rings. The molecule has 142 valence electrons. The molecular formula is C19H18F3N3O2. The summed E-state index contributed by atoms with van der Waals surface area (Å²) in [6.45, 7) is 1.11. The quantitative estimate of drug-likeness (QED) is 0.860. The number of pyridine rings is 1. The van der Waals surface area contributed by atoms with Crippen LogP contribution in [0, 0.1) is 5.92 Å². The molecule has 2 aliphatic heterocycles. The Morgan fingerprint density at radius 1 is 1.19 bits per heavy atom. The van der Waals surface area contributed by atoms with Crippen LogP contribution in [-0.4, -0.2) is 35.2 Å². The van der Waals surface area contributed by atoms with Gasteiger partial charge in [0, 0.05) is 31.0 Å². The third-order valence-electron chi connectivity index (χ3n) is 5.29. The molecule has 5 nitrogen and oxygen atoms in total. The highest BCUT2D eigenvalue weighted by atomic mass is 19.4. The SMILES string of the molecule is O=C(O)C1CCN2c3ncccc3N(c3ccc(C(F)(F)F)cc3)CC2C1. The molecule has 2 atom stereocenters. The topological polar surface area (TPSA) is 56.7 Å². The molecule has 1 aromatic heterocycles. The van der Waals surface area contributed by atoms with Crippen molar-refractivity contribution in [1.82, 2.24) is 4.98 Å². The van der Waals surface area contributed by atoms with Gasteiger partial charge < -0.3 is 14.9 Å². The van der Waals surface area contributed by atoms with E-state index in [4.69, 9.17) is 0 Å². The number of carbonyl (C=O) groups is 1. The molecule has 0 spiro atoms. The second-order valence-electron chi connectivity index (χ2n) is 6.91. The third-order valence-corrected chi connectivity index (χ3v) is 5.29. The lowest BCUT2D eigenvalue weighted by Gasteiger charge is -2.47. The molecule has 0 aliphatic carbocycles. The predicted molar refractivity (Wildman–Crippen MR) is 94.2 cm³/mol. The van der Waals surface area contributed by atoms with E-state index in [1.807, 2.05) is 11.0 Å². The third kappa shape index (κ3) is 3.20. The van der Waals surface area contributed by atoms with Gasteiger partial charge in [0.15, 0.2) is 5.82 Å². The average molecular weight is 377 g/mol. The van der Waals surface area contributed by atoms with Crippen molar-refractivity contribution in [3.05, 3.63) is 48.2 Å². The number of halogens is 3. The van der Waals surface area contributed by atoms with E-state index in [-0.39, 0.29) is 6.04 Å². The highest BCUT2D eigenvalue weighted by Gasteiger charge is 2.39. The van der Waals surface area contributed by atoms with Crippen LogP contribution in [0.15, 0.2) is 42.6 Å². The van der Waals surface area contributed by atoms with Crippen LogP contribution in [0.3, 0.4) is 0 Å². The number of nitrogens with zero attached hydrogens (tertiary/aromatic N) is 3. The summed E-state index contributed by atoms with van der Waals surface area (Å²) in [5.74, 6) is -0.467. The van der Waals surface area contributed by atoms with E-state index in [0.717, 1.165) is 23.6 Å².